The zero-order valence-electron chi connectivity index (χ0n) is 21.3. The molecule has 0 spiro atoms. The van der Waals surface area contributed by atoms with Gasteiger partial charge in [-0.2, -0.15) is 10.5 Å². The van der Waals surface area contributed by atoms with E-state index in [1.165, 1.54) is 0 Å². The first-order valence-electron chi connectivity index (χ1n) is 12.9. The molecule has 3 aromatic carbocycles. The predicted octanol–water partition coefficient (Wildman–Crippen LogP) is 5.15. The van der Waals surface area contributed by atoms with E-state index in [9.17, 15) is 20.1 Å². The highest BCUT2D eigenvalue weighted by molar-refractivity contribution is 6.01. The van der Waals surface area contributed by atoms with E-state index in [1.807, 2.05) is 54.6 Å². The van der Waals surface area contributed by atoms with Gasteiger partial charge in [0.2, 0.25) is 0 Å². The summed E-state index contributed by atoms with van der Waals surface area (Å²) < 4.78 is 5.54. The van der Waals surface area contributed by atoms with Crippen LogP contribution in [0.2, 0.25) is 0 Å². The molecule has 0 unspecified atom stereocenters. The van der Waals surface area contributed by atoms with Crippen LogP contribution in [0.25, 0.3) is 0 Å². The van der Waals surface area contributed by atoms with Gasteiger partial charge in [-0.15, -0.1) is 0 Å². The number of ketones is 2. The van der Waals surface area contributed by atoms with Crippen molar-refractivity contribution >= 4 is 11.6 Å². The van der Waals surface area contributed by atoms with Gasteiger partial charge in [0.1, 0.15) is 5.92 Å². The van der Waals surface area contributed by atoms with Crippen LogP contribution in [0.3, 0.4) is 0 Å². The van der Waals surface area contributed by atoms with Gasteiger partial charge < -0.3 is 4.74 Å². The summed E-state index contributed by atoms with van der Waals surface area (Å²) in [4.78, 5) is 30.6. The van der Waals surface area contributed by atoms with Crippen LogP contribution in [0.1, 0.15) is 38.6 Å². The molecule has 0 aliphatic carbocycles. The van der Waals surface area contributed by atoms with E-state index in [4.69, 9.17) is 4.74 Å². The molecule has 0 radical (unpaired) electrons. The third-order valence-electron chi connectivity index (χ3n) is 7.20. The molecule has 1 fully saturated rings. The maximum atomic E-state index is 14.2. The monoisotopic (exact) mass is 505 g/mol. The third-order valence-corrected chi connectivity index (χ3v) is 7.20. The van der Waals surface area contributed by atoms with Gasteiger partial charge in [0.15, 0.2) is 11.6 Å². The minimum Gasteiger partial charge on any atom is -0.379 e. The van der Waals surface area contributed by atoms with Gasteiger partial charge in [0, 0.05) is 48.5 Å². The van der Waals surface area contributed by atoms with Gasteiger partial charge in [0.05, 0.1) is 25.4 Å². The smallest absolute Gasteiger partial charge is 0.167 e. The van der Waals surface area contributed by atoms with Crippen molar-refractivity contribution in [3.63, 3.8) is 0 Å². The molecule has 1 aliphatic rings. The van der Waals surface area contributed by atoms with Gasteiger partial charge in [0.25, 0.3) is 0 Å². The number of carbonyl (C=O) groups is 2. The summed E-state index contributed by atoms with van der Waals surface area (Å²) in [6.45, 7) is 2.99. The SMILES string of the molecule is N#CC(C#N)C[C@H](C(=O)c1ccccc1)[C@H](c1ccccc1)[C@H](CN1CCOCC1)C(=O)c1ccccc1. The van der Waals surface area contributed by atoms with Crippen LogP contribution >= 0.6 is 0 Å². The predicted molar refractivity (Wildman–Crippen MR) is 144 cm³/mol. The summed E-state index contributed by atoms with van der Waals surface area (Å²) in [5.74, 6) is -3.06. The molecule has 4 rings (SSSR count). The van der Waals surface area contributed by atoms with Crippen LogP contribution in [-0.2, 0) is 4.74 Å². The molecule has 1 aliphatic heterocycles. The van der Waals surface area contributed by atoms with Gasteiger partial charge in [-0.1, -0.05) is 91.0 Å². The molecular weight excluding hydrogens is 474 g/mol. The van der Waals surface area contributed by atoms with Crippen molar-refractivity contribution in [1.29, 1.82) is 10.5 Å². The molecule has 0 amide bonds. The Labute approximate surface area is 224 Å². The number of nitrogens with zero attached hydrogens (tertiary/aromatic N) is 3. The largest absolute Gasteiger partial charge is 0.379 e. The summed E-state index contributed by atoms with van der Waals surface area (Å²) in [5, 5.41) is 19.4. The number of Topliss-reactive ketones (excluding diaryl/α,β-unsaturated/α-hetero) is 2. The number of ether oxygens (including phenoxy) is 1. The summed E-state index contributed by atoms with van der Waals surface area (Å²) in [7, 11) is 0. The minimum absolute atomic E-state index is 0.0436. The zero-order valence-corrected chi connectivity index (χ0v) is 21.3. The average molecular weight is 506 g/mol. The molecule has 3 atom stereocenters. The van der Waals surface area contributed by atoms with E-state index in [-0.39, 0.29) is 18.0 Å². The van der Waals surface area contributed by atoms with Crippen molar-refractivity contribution in [2.45, 2.75) is 12.3 Å². The molecule has 3 aromatic rings. The summed E-state index contributed by atoms with van der Waals surface area (Å²) in [5.41, 5.74) is 1.93. The van der Waals surface area contributed by atoms with Crippen LogP contribution in [-0.4, -0.2) is 49.3 Å². The Morgan fingerprint density at radius 1 is 0.737 bits per heavy atom. The fourth-order valence-corrected chi connectivity index (χ4v) is 5.28. The van der Waals surface area contributed by atoms with Gasteiger partial charge in [-0.05, 0) is 12.0 Å². The third kappa shape index (κ3) is 6.61. The fourth-order valence-electron chi connectivity index (χ4n) is 5.28. The van der Waals surface area contributed by atoms with E-state index in [2.05, 4.69) is 17.0 Å². The van der Waals surface area contributed by atoms with Crippen molar-refractivity contribution in [1.82, 2.24) is 4.90 Å². The Bertz CT molecular complexity index is 1260. The van der Waals surface area contributed by atoms with Crippen molar-refractivity contribution < 1.29 is 14.3 Å². The number of hydrogen-bond acceptors (Lipinski definition) is 6. The van der Waals surface area contributed by atoms with Crippen molar-refractivity contribution in [3.05, 3.63) is 108 Å². The molecule has 1 heterocycles. The molecule has 0 N–H and O–H groups in total. The number of morpholine rings is 1. The average Bonchev–Trinajstić information content (AvgIpc) is 2.99. The second-order valence-electron chi connectivity index (χ2n) is 9.57. The highest BCUT2D eigenvalue weighted by atomic mass is 16.5. The summed E-state index contributed by atoms with van der Waals surface area (Å²) in [6.07, 6.45) is 0.0436. The topological polar surface area (TPSA) is 94.2 Å². The summed E-state index contributed by atoms with van der Waals surface area (Å²) in [6, 6.07) is 31.8. The highest BCUT2D eigenvalue weighted by Crippen LogP contribution is 2.40. The quantitative estimate of drug-likeness (QED) is 0.334. The van der Waals surface area contributed by atoms with Crippen molar-refractivity contribution in [2.75, 3.05) is 32.8 Å². The van der Waals surface area contributed by atoms with E-state index in [1.54, 1.807) is 36.4 Å². The van der Waals surface area contributed by atoms with Crippen LogP contribution in [0.15, 0.2) is 91.0 Å². The van der Waals surface area contributed by atoms with Crippen LogP contribution < -0.4 is 0 Å². The molecule has 192 valence electrons. The number of hydrogen-bond donors (Lipinski definition) is 0. The Morgan fingerprint density at radius 2 is 1.21 bits per heavy atom. The molecule has 0 saturated carbocycles. The molecule has 0 aromatic heterocycles. The molecular formula is C32H31N3O3. The normalized spacial score (nSPS) is 16.1. The fraction of sp³-hybridized carbons (Fsp3) is 0.312. The first-order valence-corrected chi connectivity index (χ1v) is 12.9. The molecule has 38 heavy (non-hydrogen) atoms. The van der Waals surface area contributed by atoms with E-state index >= 15 is 0 Å². The van der Waals surface area contributed by atoms with E-state index in [0.29, 0.717) is 44.0 Å². The van der Waals surface area contributed by atoms with Crippen LogP contribution in [0.5, 0.6) is 0 Å². The standard InChI is InChI=1S/C32H31N3O3/c33-21-24(22-34)20-28(31(36)26-12-6-2-7-13-26)30(25-10-4-1-5-11-25)29(23-35-16-18-38-19-17-35)32(37)27-14-8-3-9-15-27/h1-15,24,28-30H,16-20,23H2/t28-,29-,30-/m0/s1. The lowest BCUT2D eigenvalue weighted by atomic mass is 9.68. The van der Waals surface area contributed by atoms with Gasteiger partial charge in [-0.3, -0.25) is 14.5 Å². The number of nitriles is 2. The first kappa shape index (κ1) is 26.9. The summed E-state index contributed by atoms with van der Waals surface area (Å²) >= 11 is 0. The first-order chi connectivity index (χ1) is 18.6. The van der Waals surface area contributed by atoms with Gasteiger partial charge in [-0.25, -0.2) is 0 Å². The molecule has 6 nitrogen and oxygen atoms in total. The second kappa shape index (κ2) is 13.4. The maximum absolute atomic E-state index is 14.2. The number of benzene rings is 3. The Balaban J connectivity index is 1.86. The molecule has 6 heteroatoms. The van der Waals surface area contributed by atoms with Gasteiger partial charge >= 0.3 is 0 Å². The number of rotatable bonds is 11. The lowest BCUT2D eigenvalue weighted by molar-refractivity contribution is 0.0259. The lowest BCUT2D eigenvalue weighted by Gasteiger charge is -2.37. The van der Waals surface area contributed by atoms with Crippen molar-refractivity contribution in [2.24, 2.45) is 17.8 Å². The van der Waals surface area contributed by atoms with E-state index in [0.717, 1.165) is 5.56 Å². The van der Waals surface area contributed by atoms with Crippen LogP contribution in [0, 0.1) is 40.4 Å². The Kier molecular flexibility index (Phi) is 9.54. The minimum atomic E-state index is -0.977. The molecule has 1 saturated heterocycles. The lowest BCUT2D eigenvalue weighted by Crippen LogP contribution is -2.44. The Hall–Kier alpha value is -4.10. The van der Waals surface area contributed by atoms with Crippen molar-refractivity contribution in [3.8, 4) is 12.1 Å². The molecule has 0 bridgehead atoms. The maximum Gasteiger partial charge on any atom is 0.167 e. The Morgan fingerprint density at radius 3 is 1.71 bits per heavy atom. The van der Waals surface area contributed by atoms with Crippen LogP contribution in [0.4, 0.5) is 0 Å². The van der Waals surface area contributed by atoms with E-state index < -0.39 is 23.7 Å². The number of carbonyl (C=O) groups excluding carboxylic acids is 2. The second-order valence-corrected chi connectivity index (χ2v) is 9.57. The zero-order chi connectivity index (χ0) is 26.7. The highest BCUT2D eigenvalue weighted by Gasteiger charge is 2.41.